The minimum Gasteiger partial charge on any atom is -0.356 e. The van der Waals surface area contributed by atoms with Gasteiger partial charge in [-0.2, -0.15) is 0 Å². The van der Waals surface area contributed by atoms with Gasteiger partial charge in [0.05, 0.1) is 10.7 Å². The Morgan fingerprint density at radius 3 is 2.29 bits per heavy atom. The molecule has 1 N–H and O–H groups in total. The maximum atomic E-state index is 6.27. The fraction of sp³-hybridized carbons (Fsp3) is 0.706. The highest BCUT2D eigenvalue weighted by atomic mass is 35.5. The van der Waals surface area contributed by atoms with Crippen molar-refractivity contribution in [1.29, 1.82) is 0 Å². The van der Waals surface area contributed by atoms with Crippen LogP contribution in [0, 0.1) is 11.8 Å². The highest BCUT2D eigenvalue weighted by Crippen LogP contribution is 2.21. The van der Waals surface area contributed by atoms with Crippen molar-refractivity contribution in [2.75, 3.05) is 24.5 Å². The van der Waals surface area contributed by atoms with Gasteiger partial charge in [-0.05, 0) is 36.9 Å². The van der Waals surface area contributed by atoms with Crippen molar-refractivity contribution in [1.82, 2.24) is 10.3 Å². The first kappa shape index (κ1) is 18.2. The molecule has 0 aliphatic carbocycles. The summed E-state index contributed by atoms with van der Waals surface area (Å²) >= 11 is 6.27. The van der Waals surface area contributed by atoms with Crippen LogP contribution in [-0.2, 0) is 6.54 Å². The Morgan fingerprint density at radius 2 is 1.76 bits per heavy atom. The molecule has 0 bridgehead atoms. The number of hydrogen-bond acceptors (Lipinski definition) is 3. The lowest BCUT2D eigenvalue weighted by molar-refractivity contribution is 0.547. The van der Waals surface area contributed by atoms with Crippen LogP contribution in [0.5, 0.6) is 0 Å². The van der Waals surface area contributed by atoms with Crippen LogP contribution >= 0.6 is 11.6 Å². The summed E-state index contributed by atoms with van der Waals surface area (Å²) in [6, 6.07) is 4.01. The summed E-state index contributed by atoms with van der Waals surface area (Å²) in [7, 11) is 0. The molecule has 0 amide bonds. The lowest BCUT2D eigenvalue weighted by Gasteiger charge is -2.28. The normalized spacial score (nSPS) is 11.4. The molecule has 0 aromatic carbocycles. The van der Waals surface area contributed by atoms with E-state index in [1.807, 2.05) is 12.1 Å². The van der Waals surface area contributed by atoms with Gasteiger partial charge in [0.1, 0.15) is 5.82 Å². The largest absolute Gasteiger partial charge is 0.356 e. The predicted octanol–water partition coefficient (Wildman–Crippen LogP) is 4.35. The summed E-state index contributed by atoms with van der Waals surface area (Å²) < 4.78 is 0. The summed E-state index contributed by atoms with van der Waals surface area (Å²) in [6.07, 6.45) is 1.12. The number of anilines is 1. The summed E-state index contributed by atoms with van der Waals surface area (Å²) in [5.74, 6) is 2.26. The van der Waals surface area contributed by atoms with Crippen molar-refractivity contribution in [3.8, 4) is 0 Å². The zero-order valence-electron chi connectivity index (χ0n) is 14.1. The molecule has 0 radical (unpaired) electrons. The predicted molar refractivity (Wildman–Crippen MR) is 93.1 cm³/mol. The maximum Gasteiger partial charge on any atom is 0.128 e. The van der Waals surface area contributed by atoms with E-state index in [0.717, 1.165) is 49.1 Å². The van der Waals surface area contributed by atoms with E-state index in [2.05, 4.69) is 44.8 Å². The smallest absolute Gasteiger partial charge is 0.128 e. The van der Waals surface area contributed by atoms with Gasteiger partial charge >= 0.3 is 0 Å². The van der Waals surface area contributed by atoms with Gasteiger partial charge in [0.25, 0.3) is 0 Å². The van der Waals surface area contributed by atoms with Gasteiger partial charge in [0, 0.05) is 19.6 Å². The maximum absolute atomic E-state index is 6.27. The van der Waals surface area contributed by atoms with E-state index in [0.29, 0.717) is 11.8 Å². The first-order valence-corrected chi connectivity index (χ1v) is 8.42. The van der Waals surface area contributed by atoms with Crippen molar-refractivity contribution in [2.24, 2.45) is 11.8 Å². The second-order valence-electron chi connectivity index (χ2n) is 6.47. The molecule has 1 heterocycles. The van der Waals surface area contributed by atoms with E-state index < -0.39 is 0 Å². The molecule has 0 atom stereocenters. The van der Waals surface area contributed by atoms with Gasteiger partial charge in [-0.3, -0.25) is 0 Å². The molecule has 0 saturated carbocycles. The molecule has 120 valence electrons. The monoisotopic (exact) mass is 311 g/mol. The first-order chi connectivity index (χ1) is 9.93. The average Bonchev–Trinajstić information content (AvgIpc) is 2.39. The Labute approximate surface area is 135 Å². The van der Waals surface area contributed by atoms with Crippen molar-refractivity contribution in [3.05, 3.63) is 22.8 Å². The van der Waals surface area contributed by atoms with Crippen molar-refractivity contribution < 1.29 is 0 Å². The van der Waals surface area contributed by atoms with E-state index >= 15 is 0 Å². The number of hydrogen-bond donors (Lipinski definition) is 1. The molecule has 1 aromatic heterocycles. The molecule has 0 unspecified atom stereocenters. The van der Waals surface area contributed by atoms with Crippen LogP contribution in [0.2, 0.25) is 5.02 Å². The Kier molecular flexibility index (Phi) is 8.05. The van der Waals surface area contributed by atoms with Gasteiger partial charge in [-0.1, -0.05) is 46.2 Å². The van der Waals surface area contributed by atoms with Crippen molar-refractivity contribution in [2.45, 2.75) is 47.6 Å². The average molecular weight is 312 g/mol. The minimum absolute atomic E-state index is 0.614. The molecule has 0 saturated heterocycles. The minimum atomic E-state index is 0.614. The number of nitrogens with zero attached hydrogens (tertiary/aromatic N) is 2. The third kappa shape index (κ3) is 6.66. The number of aromatic nitrogens is 1. The SMILES string of the molecule is CCCNCc1nc(N(CC(C)C)CC(C)C)ccc1Cl. The summed E-state index contributed by atoms with van der Waals surface area (Å²) in [6.45, 7) is 14.9. The number of nitrogens with one attached hydrogen (secondary N) is 1. The second-order valence-corrected chi connectivity index (χ2v) is 6.87. The molecular weight excluding hydrogens is 282 g/mol. The van der Waals surface area contributed by atoms with Crippen LogP contribution in [0.15, 0.2) is 12.1 Å². The van der Waals surface area contributed by atoms with E-state index in [1.54, 1.807) is 0 Å². The zero-order valence-corrected chi connectivity index (χ0v) is 14.9. The highest BCUT2D eigenvalue weighted by Gasteiger charge is 2.13. The lowest BCUT2D eigenvalue weighted by atomic mass is 10.1. The first-order valence-electron chi connectivity index (χ1n) is 8.05. The number of halogens is 1. The quantitative estimate of drug-likeness (QED) is 0.687. The van der Waals surface area contributed by atoms with Crippen LogP contribution in [0.4, 0.5) is 5.82 Å². The van der Waals surface area contributed by atoms with Crippen molar-refractivity contribution >= 4 is 17.4 Å². The third-order valence-corrected chi connectivity index (χ3v) is 3.46. The number of pyridine rings is 1. The lowest BCUT2D eigenvalue weighted by Crippen LogP contribution is -2.32. The van der Waals surface area contributed by atoms with Gasteiger partial charge in [0.2, 0.25) is 0 Å². The molecular formula is C17H30ClN3. The molecule has 1 rings (SSSR count). The Balaban J connectivity index is 2.88. The highest BCUT2D eigenvalue weighted by molar-refractivity contribution is 6.31. The van der Waals surface area contributed by atoms with Crippen molar-refractivity contribution in [3.63, 3.8) is 0 Å². The van der Waals surface area contributed by atoms with Crippen LogP contribution in [0.1, 0.15) is 46.7 Å². The molecule has 1 aromatic rings. The molecule has 0 aliphatic heterocycles. The van der Waals surface area contributed by atoms with Crippen LogP contribution < -0.4 is 10.2 Å². The standard InChI is InChI=1S/C17H30ClN3/c1-6-9-19-10-16-15(18)7-8-17(20-16)21(11-13(2)3)12-14(4)5/h7-8,13-14,19H,6,9-12H2,1-5H3. The zero-order chi connectivity index (χ0) is 15.8. The van der Waals surface area contributed by atoms with Crippen LogP contribution in [-0.4, -0.2) is 24.6 Å². The topological polar surface area (TPSA) is 28.2 Å². The number of rotatable bonds is 9. The molecule has 0 aliphatic rings. The Morgan fingerprint density at radius 1 is 1.14 bits per heavy atom. The fourth-order valence-electron chi connectivity index (χ4n) is 2.30. The summed E-state index contributed by atoms with van der Waals surface area (Å²) in [5, 5.41) is 4.12. The van der Waals surface area contributed by atoms with Gasteiger partial charge in [-0.15, -0.1) is 0 Å². The second kappa shape index (κ2) is 9.26. The van der Waals surface area contributed by atoms with Crippen LogP contribution in [0.25, 0.3) is 0 Å². The van der Waals surface area contributed by atoms with E-state index in [4.69, 9.17) is 16.6 Å². The molecule has 0 fully saturated rings. The van der Waals surface area contributed by atoms with E-state index in [1.165, 1.54) is 0 Å². The molecule has 21 heavy (non-hydrogen) atoms. The van der Waals surface area contributed by atoms with Gasteiger partial charge < -0.3 is 10.2 Å². The molecule has 3 nitrogen and oxygen atoms in total. The molecule has 4 heteroatoms. The van der Waals surface area contributed by atoms with Crippen LogP contribution in [0.3, 0.4) is 0 Å². The van der Waals surface area contributed by atoms with E-state index in [9.17, 15) is 0 Å². The Hall–Kier alpha value is -0.800. The third-order valence-electron chi connectivity index (χ3n) is 3.12. The van der Waals surface area contributed by atoms with E-state index in [-0.39, 0.29) is 0 Å². The Bertz CT molecular complexity index is 408. The molecule has 0 spiro atoms. The van der Waals surface area contributed by atoms with Gasteiger partial charge in [-0.25, -0.2) is 4.98 Å². The summed E-state index contributed by atoms with van der Waals surface area (Å²) in [5.41, 5.74) is 0.945. The van der Waals surface area contributed by atoms with Gasteiger partial charge in [0.15, 0.2) is 0 Å². The fourth-order valence-corrected chi connectivity index (χ4v) is 2.47. The summed E-state index contributed by atoms with van der Waals surface area (Å²) in [4.78, 5) is 7.15.